The molecule has 5 nitrogen and oxygen atoms in total. The number of hydrogen-bond donors (Lipinski definition) is 1. The lowest BCUT2D eigenvalue weighted by Gasteiger charge is -2.04. The fraction of sp³-hybridized carbons (Fsp3) is 0.556. The third-order valence-corrected chi connectivity index (χ3v) is 1.76. The molecule has 5 heteroatoms. The van der Waals surface area contributed by atoms with Gasteiger partial charge in [-0.25, -0.2) is 9.48 Å². The molecule has 78 valence electrons. The van der Waals surface area contributed by atoms with Crippen molar-refractivity contribution in [3.8, 4) is 0 Å². The maximum absolute atomic E-state index is 11.3. The standard InChI is InChI=1S/C9H14N2O3/c1-4-14-9(13)7-5-8(12)11(10-7)6(2)3/h5-6,10H,4H2,1-3H3. The number of nitrogens with one attached hydrogen (secondary N) is 1. The molecule has 0 aliphatic carbocycles. The molecule has 0 aliphatic heterocycles. The van der Waals surface area contributed by atoms with Crippen LogP contribution in [-0.4, -0.2) is 22.4 Å². The first-order chi connectivity index (χ1) is 6.56. The summed E-state index contributed by atoms with van der Waals surface area (Å²) in [6.45, 7) is 5.73. The highest BCUT2D eigenvalue weighted by molar-refractivity contribution is 5.86. The molecule has 0 bridgehead atoms. The van der Waals surface area contributed by atoms with Crippen LogP contribution in [0.25, 0.3) is 0 Å². The summed E-state index contributed by atoms with van der Waals surface area (Å²) in [6.07, 6.45) is 0. The molecule has 0 amide bonds. The zero-order valence-corrected chi connectivity index (χ0v) is 8.53. The van der Waals surface area contributed by atoms with Crippen LogP contribution in [0.4, 0.5) is 0 Å². The Bertz CT molecular complexity index is 376. The van der Waals surface area contributed by atoms with E-state index in [1.165, 1.54) is 10.7 Å². The summed E-state index contributed by atoms with van der Waals surface area (Å²) in [5.74, 6) is -0.496. The highest BCUT2D eigenvalue weighted by atomic mass is 16.5. The molecule has 1 N–H and O–H groups in total. The molecule has 0 radical (unpaired) electrons. The third-order valence-electron chi connectivity index (χ3n) is 1.76. The van der Waals surface area contributed by atoms with Crippen LogP contribution in [0.15, 0.2) is 10.9 Å². The number of H-pyrrole nitrogens is 1. The second-order valence-corrected chi connectivity index (χ2v) is 3.19. The van der Waals surface area contributed by atoms with Crippen molar-refractivity contribution in [3.05, 3.63) is 22.1 Å². The Labute approximate surface area is 81.7 Å². The van der Waals surface area contributed by atoms with Crippen molar-refractivity contribution in [2.75, 3.05) is 6.61 Å². The SMILES string of the molecule is CCOC(=O)c1cc(=O)n(C(C)C)[nH]1. The largest absolute Gasteiger partial charge is 0.461 e. The van der Waals surface area contributed by atoms with Gasteiger partial charge < -0.3 is 4.74 Å². The van der Waals surface area contributed by atoms with Gasteiger partial charge in [-0.05, 0) is 20.8 Å². The lowest BCUT2D eigenvalue weighted by Crippen LogP contribution is -2.17. The molecule has 0 saturated heterocycles. The number of aromatic nitrogens is 2. The number of carbonyl (C=O) groups is 1. The maximum atomic E-state index is 11.3. The summed E-state index contributed by atoms with van der Waals surface area (Å²) in [5, 5.41) is 2.70. The predicted molar refractivity (Wildman–Crippen MR) is 51.4 cm³/mol. The van der Waals surface area contributed by atoms with Gasteiger partial charge in [0.25, 0.3) is 5.56 Å². The smallest absolute Gasteiger partial charge is 0.356 e. The predicted octanol–water partition coefficient (Wildman–Crippen LogP) is 0.934. The van der Waals surface area contributed by atoms with Gasteiger partial charge in [-0.2, -0.15) is 0 Å². The Morgan fingerprint density at radius 3 is 2.71 bits per heavy atom. The fourth-order valence-corrected chi connectivity index (χ4v) is 1.11. The van der Waals surface area contributed by atoms with E-state index < -0.39 is 5.97 Å². The van der Waals surface area contributed by atoms with Gasteiger partial charge in [-0.3, -0.25) is 9.89 Å². The van der Waals surface area contributed by atoms with Crippen molar-refractivity contribution in [2.45, 2.75) is 26.8 Å². The Morgan fingerprint density at radius 2 is 2.29 bits per heavy atom. The highest BCUT2D eigenvalue weighted by Gasteiger charge is 2.12. The molecular formula is C9H14N2O3. The van der Waals surface area contributed by atoms with Gasteiger partial charge in [-0.15, -0.1) is 0 Å². The van der Waals surface area contributed by atoms with Gasteiger partial charge >= 0.3 is 5.97 Å². The minimum atomic E-state index is -0.496. The number of hydrogen-bond acceptors (Lipinski definition) is 3. The molecule has 0 unspecified atom stereocenters. The normalized spacial score (nSPS) is 10.6. The van der Waals surface area contributed by atoms with Crippen LogP contribution >= 0.6 is 0 Å². The number of rotatable bonds is 3. The molecule has 0 fully saturated rings. The zero-order chi connectivity index (χ0) is 10.7. The average Bonchev–Trinajstić information content (AvgIpc) is 2.48. The van der Waals surface area contributed by atoms with E-state index in [9.17, 15) is 9.59 Å². The summed E-state index contributed by atoms with van der Waals surface area (Å²) in [7, 11) is 0. The van der Waals surface area contributed by atoms with Crippen LogP contribution in [0.2, 0.25) is 0 Å². The monoisotopic (exact) mass is 198 g/mol. The van der Waals surface area contributed by atoms with E-state index >= 15 is 0 Å². The lowest BCUT2D eigenvalue weighted by molar-refractivity contribution is 0.0518. The average molecular weight is 198 g/mol. The third kappa shape index (κ3) is 2.04. The summed E-state index contributed by atoms with van der Waals surface area (Å²) in [5.41, 5.74) is -0.0198. The number of carbonyl (C=O) groups excluding carboxylic acids is 1. The maximum Gasteiger partial charge on any atom is 0.356 e. The summed E-state index contributed by atoms with van der Waals surface area (Å²) in [4.78, 5) is 22.5. The van der Waals surface area contributed by atoms with Crippen molar-refractivity contribution in [1.82, 2.24) is 9.78 Å². The van der Waals surface area contributed by atoms with Crippen LogP contribution in [-0.2, 0) is 4.74 Å². The van der Waals surface area contributed by atoms with E-state index in [1.54, 1.807) is 6.92 Å². The Morgan fingerprint density at radius 1 is 1.64 bits per heavy atom. The first-order valence-electron chi connectivity index (χ1n) is 4.55. The van der Waals surface area contributed by atoms with Gasteiger partial charge in [0.2, 0.25) is 0 Å². The number of esters is 1. The van der Waals surface area contributed by atoms with E-state index in [2.05, 4.69) is 5.10 Å². The first kappa shape index (κ1) is 10.6. The Balaban J connectivity index is 2.97. The van der Waals surface area contributed by atoms with Crippen molar-refractivity contribution in [2.24, 2.45) is 0 Å². The van der Waals surface area contributed by atoms with E-state index in [0.29, 0.717) is 6.61 Å². The second-order valence-electron chi connectivity index (χ2n) is 3.19. The molecule has 0 aliphatic rings. The van der Waals surface area contributed by atoms with Crippen LogP contribution in [0.1, 0.15) is 37.3 Å². The number of ether oxygens (including phenoxy) is 1. The van der Waals surface area contributed by atoms with Gasteiger partial charge in [0, 0.05) is 12.1 Å². The number of aromatic amines is 1. The van der Waals surface area contributed by atoms with Crippen LogP contribution in [0.5, 0.6) is 0 Å². The van der Waals surface area contributed by atoms with Crippen molar-refractivity contribution in [3.63, 3.8) is 0 Å². The first-order valence-corrected chi connectivity index (χ1v) is 4.55. The molecule has 0 atom stereocenters. The summed E-state index contributed by atoms with van der Waals surface area (Å²) in [6, 6.07) is 1.25. The molecule has 0 saturated carbocycles. The van der Waals surface area contributed by atoms with Gasteiger partial charge in [0.1, 0.15) is 5.69 Å². The molecule has 1 aromatic rings. The molecule has 0 aromatic carbocycles. The van der Waals surface area contributed by atoms with Crippen molar-refractivity contribution in [1.29, 1.82) is 0 Å². The Hall–Kier alpha value is -1.52. The van der Waals surface area contributed by atoms with Crippen LogP contribution in [0, 0.1) is 0 Å². The molecule has 1 rings (SSSR count). The molecular weight excluding hydrogens is 184 g/mol. The van der Waals surface area contributed by atoms with Crippen LogP contribution < -0.4 is 5.56 Å². The van der Waals surface area contributed by atoms with E-state index in [1.807, 2.05) is 13.8 Å². The molecule has 1 aromatic heterocycles. The van der Waals surface area contributed by atoms with E-state index in [4.69, 9.17) is 4.74 Å². The van der Waals surface area contributed by atoms with Gasteiger partial charge in [0.15, 0.2) is 0 Å². The fourth-order valence-electron chi connectivity index (χ4n) is 1.11. The van der Waals surface area contributed by atoms with Crippen LogP contribution in [0.3, 0.4) is 0 Å². The molecule has 1 heterocycles. The summed E-state index contributed by atoms with van der Waals surface area (Å²) >= 11 is 0. The highest BCUT2D eigenvalue weighted by Crippen LogP contribution is 2.00. The topological polar surface area (TPSA) is 64.1 Å². The minimum absolute atomic E-state index is 0.00526. The van der Waals surface area contributed by atoms with E-state index in [-0.39, 0.29) is 17.3 Å². The molecule has 14 heavy (non-hydrogen) atoms. The Kier molecular flexibility index (Phi) is 3.11. The quantitative estimate of drug-likeness (QED) is 0.735. The molecule has 0 spiro atoms. The lowest BCUT2D eigenvalue weighted by atomic mass is 10.4. The summed E-state index contributed by atoms with van der Waals surface area (Å²) < 4.78 is 6.13. The van der Waals surface area contributed by atoms with E-state index in [0.717, 1.165) is 0 Å². The van der Waals surface area contributed by atoms with Crippen molar-refractivity contribution < 1.29 is 9.53 Å². The second kappa shape index (κ2) is 4.13. The van der Waals surface area contributed by atoms with Gasteiger partial charge in [-0.1, -0.05) is 0 Å². The van der Waals surface area contributed by atoms with Crippen molar-refractivity contribution >= 4 is 5.97 Å². The number of nitrogens with zero attached hydrogens (tertiary/aromatic N) is 1. The van der Waals surface area contributed by atoms with Gasteiger partial charge in [0.05, 0.1) is 6.61 Å². The zero-order valence-electron chi connectivity index (χ0n) is 8.53. The minimum Gasteiger partial charge on any atom is -0.461 e.